The van der Waals surface area contributed by atoms with Crippen molar-refractivity contribution in [1.82, 2.24) is 9.80 Å². The number of benzene rings is 1. The predicted molar refractivity (Wildman–Crippen MR) is 94.5 cm³/mol. The Kier molecular flexibility index (Phi) is 4.18. The molecule has 1 saturated heterocycles. The average Bonchev–Trinajstić information content (AvgIpc) is 3.37. The molecule has 1 aromatic carbocycles. The number of hydrogen-bond donors (Lipinski definition) is 1. The van der Waals surface area contributed by atoms with E-state index >= 15 is 0 Å². The van der Waals surface area contributed by atoms with Crippen LogP contribution in [-0.2, 0) is 17.6 Å². The first-order chi connectivity index (χ1) is 12.0. The van der Waals surface area contributed by atoms with Crippen molar-refractivity contribution in [2.24, 2.45) is 11.8 Å². The van der Waals surface area contributed by atoms with E-state index in [4.69, 9.17) is 0 Å². The molecule has 1 heterocycles. The number of phenolic OH excluding ortho intramolecular Hbond substituents is 1. The van der Waals surface area contributed by atoms with Gasteiger partial charge in [-0.2, -0.15) is 0 Å². The van der Waals surface area contributed by atoms with E-state index < -0.39 is 0 Å². The van der Waals surface area contributed by atoms with Crippen molar-refractivity contribution >= 4 is 11.8 Å². The lowest BCUT2D eigenvalue weighted by Gasteiger charge is -2.35. The Labute approximate surface area is 148 Å². The van der Waals surface area contributed by atoms with Crippen molar-refractivity contribution in [3.8, 4) is 5.75 Å². The van der Waals surface area contributed by atoms with E-state index in [0.717, 1.165) is 32.1 Å². The molecule has 1 N–H and O–H groups in total. The lowest BCUT2D eigenvalue weighted by Crippen LogP contribution is -2.51. The third-order valence-corrected chi connectivity index (χ3v) is 6.00. The number of nitrogens with zero attached hydrogens (tertiary/aromatic N) is 2. The van der Waals surface area contributed by atoms with Gasteiger partial charge in [0.2, 0.25) is 5.91 Å². The molecule has 1 saturated carbocycles. The third kappa shape index (κ3) is 3.12. The zero-order chi connectivity index (χ0) is 17.6. The summed E-state index contributed by atoms with van der Waals surface area (Å²) < 4.78 is 0. The summed E-state index contributed by atoms with van der Waals surface area (Å²) in [6.45, 7) is 4.39. The highest BCUT2D eigenvalue weighted by Crippen LogP contribution is 2.39. The maximum absolute atomic E-state index is 12.8. The van der Waals surface area contributed by atoms with Crippen LogP contribution in [0, 0.1) is 11.8 Å². The fourth-order valence-electron chi connectivity index (χ4n) is 4.14. The number of aromatic hydroxyl groups is 1. The average molecular weight is 342 g/mol. The van der Waals surface area contributed by atoms with Crippen molar-refractivity contribution in [3.05, 3.63) is 28.8 Å². The summed E-state index contributed by atoms with van der Waals surface area (Å²) in [6.07, 6.45) is 5.26. The molecule has 4 rings (SSSR count). The van der Waals surface area contributed by atoms with Gasteiger partial charge < -0.3 is 14.9 Å². The van der Waals surface area contributed by atoms with Crippen molar-refractivity contribution in [2.75, 3.05) is 26.2 Å². The molecule has 2 aliphatic carbocycles. The lowest BCUT2D eigenvalue weighted by atomic mass is 9.89. The van der Waals surface area contributed by atoms with Gasteiger partial charge in [-0.15, -0.1) is 0 Å². The molecule has 0 radical (unpaired) electrons. The van der Waals surface area contributed by atoms with Gasteiger partial charge >= 0.3 is 0 Å². The van der Waals surface area contributed by atoms with E-state index in [1.807, 2.05) is 11.0 Å². The largest absolute Gasteiger partial charge is 0.507 e. The Morgan fingerprint density at radius 3 is 2.16 bits per heavy atom. The van der Waals surface area contributed by atoms with Gasteiger partial charge in [-0.25, -0.2) is 0 Å². The standard InChI is InChI=1S/C20H26N2O3/c1-13-10-16(13)19(24)21-6-8-22(9-7-21)20(25)17-11-14-4-2-3-5-15(14)12-18(17)23/h11-13,16,23H,2-10H2,1H3. The van der Waals surface area contributed by atoms with Gasteiger partial charge in [-0.3, -0.25) is 9.59 Å². The van der Waals surface area contributed by atoms with Gasteiger partial charge in [0, 0.05) is 32.1 Å². The van der Waals surface area contributed by atoms with Crippen LogP contribution in [0.3, 0.4) is 0 Å². The second-order valence-corrected chi connectivity index (χ2v) is 7.78. The van der Waals surface area contributed by atoms with E-state index in [0.29, 0.717) is 37.7 Å². The Morgan fingerprint density at radius 1 is 1.00 bits per heavy atom. The number of piperazine rings is 1. The van der Waals surface area contributed by atoms with Gasteiger partial charge in [0.1, 0.15) is 5.75 Å². The lowest BCUT2D eigenvalue weighted by molar-refractivity contribution is -0.134. The van der Waals surface area contributed by atoms with Crippen molar-refractivity contribution in [2.45, 2.75) is 39.0 Å². The highest BCUT2D eigenvalue weighted by atomic mass is 16.3. The zero-order valence-electron chi connectivity index (χ0n) is 14.8. The second kappa shape index (κ2) is 6.36. The van der Waals surface area contributed by atoms with Crippen LogP contribution in [0.5, 0.6) is 5.75 Å². The fraction of sp³-hybridized carbons (Fsp3) is 0.600. The van der Waals surface area contributed by atoms with Crippen molar-refractivity contribution in [1.29, 1.82) is 0 Å². The van der Waals surface area contributed by atoms with Crippen molar-refractivity contribution < 1.29 is 14.7 Å². The summed E-state index contributed by atoms with van der Waals surface area (Å²) in [5, 5.41) is 10.3. The maximum atomic E-state index is 12.8. The molecule has 0 bridgehead atoms. The summed E-state index contributed by atoms with van der Waals surface area (Å²) in [5.74, 6) is 0.941. The van der Waals surface area contributed by atoms with Gasteiger partial charge in [0.05, 0.1) is 5.56 Å². The molecule has 2 fully saturated rings. The zero-order valence-corrected chi connectivity index (χ0v) is 14.8. The summed E-state index contributed by atoms with van der Waals surface area (Å²) in [4.78, 5) is 28.8. The number of fused-ring (bicyclic) bond motifs is 1. The maximum Gasteiger partial charge on any atom is 0.257 e. The molecular weight excluding hydrogens is 316 g/mol. The van der Waals surface area contributed by atoms with Gasteiger partial charge in [0.25, 0.3) is 5.91 Å². The molecule has 5 nitrogen and oxygen atoms in total. The predicted octanol–water partition coefficient (Wildman–Crippen LogP) is 2.21. The molecule has 5 heteroatoms. The molecule has 3 aliphatic rings. The highest BCUT2D eigenvalue weighted by Gasteiger charge is 2.42. The molecule has 0 aromatic heterocycles. The second-order valence-electron chi connectivity index (χ2n) is 7.78. The Hall–Kier alpha value is -2.04. The monoisotopic (exact) mass is 342 g/mol. The van der Waals surface area contributed by atoms with Gasteiger partial charge in [0.15, 0.2) is 0 Å². The number of carbonyl (C=O) groups excluding carboxylic acids is 2. The van der Waals surface area contributed by atoms with Crippen LogP contribution < -0.4 is 0 Å². The van der Waals surface area contributed by atoms with E-state index in [1.165, 1.54) is 11.1 Å². The number of phenols is 1. The number of rotatable bonds is 2. The van der Waals surface area contributed by atoms with Crippen LogP contribution in [0.25, 0.3) is 0 Å². The molecular formula is C20H26N2O3. The van der Waals surface area contributed by atoms with Crippen LogP contribution in [0.2, 0.25) is 0 Å². The van der Waals surface area contributed by atoms with Gasteiger partial charge in [-0.1, -0.05) is 6.92 Å². The number of carbonyl (C=O) groups is 2. The van der Waals surface area contributed by atoms with E-state index in [2.05, 4.69) is 6.92 Å². The van der Waals surface area contributed by atoms with Crippen molar-refractivity contribution in [3.63, 3.8) is 0 Å². The Morgan fingerprint density at radius 2 is 1.56 bits per heavy atom. The van der Waals surface area contributed by atoms with E-state index in [9.17, 15) is 14.7 Å². The quantitative estimate of drug-likeness (QED) is 0.896. The third-order valence-electron chi connectivity index (χ3n) is 6.00. The number of amides is 2. The van der Waals surface area contributed by atoms with Crippen LogP contribution in [-0.4, -0.2) is 52.9 Å². The minimum absolute atomic E-state index is 0.0935. The Balaban J connectivity index is 1.43. The normalized spacial score (nSPS) is 25.5. The summed E-state index contributed by atoms with van der Waals surface area (Å²) in [5.41, 5.74) is 2.79. The topological polar surface area (TPSA) is 60.9 Å². The highest BCUT2D eigenvalue weighted by molar-refractivity contribution is 5.97. The molecule has 25 heavy (non-hydrogen) atoms. The van der Waals surface area contributed by atoms with Crippen LogP contribution in [0.1, 0.15) is 47.7 Å². The van der Waals surface area contributed by atoms with E-state index in [1.54, 1.807) is 11.0 Å². The SMILES string of the molecule is CC1CC1C(=O)N1CCN(C(=O)c2cc3c(cc2O)CCCC3)CC1. The minimum atomic E-state index is -0.113. The molecule has 2 atom stereocenters. The van der Waals surface area contributed by atoms with Crippen LogP contribution >= 0.6 is 0 Å². The molecule has 0 spiro atoms. The number of hydrogen-bond acceptors (Lipinski definition) is 3. The smallest absolute Gasteiger partial charge is 0.257 e. The summed E-state index contributed by atoms with van der Waals surface area (Å²) in [7, 11) is 0. The first-order valence-corrected chi connectivity index (χ1v) is 9.47. The molecule has 2 amide bonds. The Bertz CT molecular complexity index is 707. The minimum Gasteiger partial charge on any atom is -0.507 e. The van der Waals surface area contributed by atoms with E-state index in [-0.39, 0.29) is 23.5 Å². The van der Waals surface area contributed by atoms with Crippen LogP contribution in [0.4, 0.5) is 0 Å². The summed E-state index contributed by atoms with van der Waals surface area (Å²) >= 11 is 0. The first-order valence-electron chi connectivity index (χ1n) is 9.47. The molecule has 134 valence electrons. The fourth-order valence-corrected chi connectivity index (χ4v) is 4.14. The first kappa shape index (κ1) is 16.4. The van der Waals surface area contributed by atoms with Crippen LogP contribution in [0.15, 0.2) is 12.1 Å². The molecule has 2 unspecified atom stereocenters. The molecule has 1 aliphatic heterocycles. The summed E-state index contributed by atoms with van der Waals surface area (Å²) in [6, 6.07) is 3.66. The van der Waals surface area contributed by atoms with Gasteiger partial charge in [-0.05, 0) is 61.3 Å². The molecule has 1 aromatic rings. The number of aryl methyl sites for hydroxylation is 2.